The Bertz CT molecular complexity index is 645. The normalized spacial score (nSPS) is 11.3. The number of hydrogen-bond acceptors (Lipinski definition) is 3. The minimum atomic E-state index is -0.366. The van der Waals surface area contributed by atoms with E-state index < -0.39 is 0 Å². The highest BCUT2D eigenvalue weighted by molar-refractivity contribution is 6.69. The molecular weight excluding hydrogens is 286 g/mol. The minimum absolute atomic E-state index is 0.366. The number of esters is 1. The van der Waals surface area contributed by atoms with Crippen molar-refractivity contribution >= 4 is 22.7 Å². The summed E-state index contributed by atoms with van der Waals surface area (Å²) in [4.78, 5) is 15.7. The fourth-order valence-electron chi connectivity index (χ4n) is 1.81. The van der Waals surface area contributed by atoms with Gasteiger partial charge in [0, 0.05) is 5.56 Å². The van der Waals surface area contributed by atoms with Gasteiger partial charge in [0.15, 0.2) is 0 Å². The van der Waals surface area contributed by atoms with Gasteiger partial charge in [-0.2, -0.15) is 0 Å². The molecule has 0 aliphatic rings. The quantitative estimate of drug-likeness (QED) is 0.633. The Hall–Kier alpha value is -2.13. The molecule has 0 unspecified atom stereocenters. The van der Waals surface area contributed by atoms with Crippen LogP contribution in [0.15, 0.2) is 53.5 Å². The number of halogens is 1. The second-order valence-corrected chi connectivity index (χ2v) is 5.02. The monoisotopic (exact) mass is 301 g/mol. The van der Waals surface area contributed by atoms with Crippen LogP contribution >= 0.6 is 11.6 Å². The molecule has 0 fully saturated rings. The molecule has 0 radical (unpaired) electrons. The number of nitrogens with zero attached hydrogens (tertiary/aromatic N) is 1. The molecule has 3 nitrogen and oxygen atoms in total. The van der Waals surface area contributed by atoms with Crippen molar-refractivity contribution in [3.8, 4) is 0 Å². The third-order valence-corrected chi connectivity index (χ3v) is 3.40. The Morgan fingerprint density at radius 1 is 1.05 bits per heavy atom. The molecule has 2 rings (SSSR count). The number of aliphatic imine (C=N–C) groups is 1. The van der Waals surface area contributed by atoms with Crippen molar-refractivity contribution in [2.45, 2.75) is 13.5 Å². The number of carbonyl (C=O) groups is 1. The molecular formula is C17H16ClNO2. The van der Waals surface area contributed by atoms with Crippen LogP contribution in [-0.4, -0.2) is 18.2 Å². The number of methoxy groups -OCH3 is 1. The van der Waals surface area contributed by atoms with Crippen LogP contribution in [0.1, 0.15) is 27.0 Å². The molecule has 0 aliphatic carbocycles. The lowest BCUT2D eigenvalue weighted by atomic mass is 10.1. The maximum absolute atomic E-state index is 11.3. The Balaban J connectivity index is 2.08. The zero-order valence-corrected chi connectivity index (χ0v) is 12.7. The van der Waals surface area contributed by atoms with Gasteiger partial charge in [-0.1, -0.05) is 53.6 Å². The highest BCUT2D eigenvalue weighted by atomic mass is 35.5. The highest BCUT2D eigenvalue weighted by Crippen LogP contribution is 2.11. The van der Waals surface area contributed by atoms with E-state index in [1.165, 1.54) is 12.7 Å². The van der Waals surface area contributed by atoms with Crippen molar-refractivity contribution in [2.24, 2.45) is 4.99 Å². The zero-order chi connectivity index (χ0) is 15.2. The van der Waals surface area contributed by atoms with Crippen molar-refractivity contribution in [1.82, 2.24) is 0 Å². The molecule has 4 heteroatoms. The van der Waals surface area contributed by atoms with Crippen LogP contribution in [0.2, 0.25) is 0 Å². The SMILES string of the molecule is COC(=O)c1ccc(C(Cl)=NCc2ccc(C)cc2)cc1. The fourth-order valence-corrected chi connectivity index (χ4v) is 1.99. The molecule has 2 aromatic carbocycles. The third-order valence-electron chi connectivity index (χ3n) is 3.07. The standard InChI is InChI=1S/C17H16ClNO2/c1-12-3-5-13(6-4-12)11-19-16(18)14-7-9-15(10-8-14)17(20)21-2/h3-10H,11H2,1-2H3. The summed E-state index contributed by atoms with van der Waals surface area (Å²) in [5, 5.41) is 0.423. The zero-order valence-electron chi connectivity index (χ0n) is 12.0. The van der Waals surface area contributed by atoms with Crippen LogP contribution in [0.4, 0.5) is 0 Å². The van der Waals surface area contributed by atoms with Gasteiger partial charge in [-0.25, -0.2) is 4.79 Å². The summed E-state index contributed by atoms with van der Waals surface area (Å²) < 4.78 is 4.65. The molecule has 0 heterocycles. The maximum atomic E-state index is 11.3. The topological polar surface area (TPSA) is 38.7 Å². The molecule has 0 bridgehead atoms. The van der Waals surface area contributed by atoms with Crippen molar-refractivity contribution in [3.05, 3.63) is 70.8 Å². The van der Waals surface area contributed by atoms with Crippen LogP contribution < -0.4 is 0 Å². The lowest BCUT2D eigenvalue weighted by molar-refractivity contribution is 0.0600. The van der Waals surface area contributed by atoms with Crippen LogP contribution in [0.25, 0.3) is 0 Å². The number of aryl methyl sites for hydroxylation is 1. The number of carbonyl (C=O) groups excluding carboxylic acids is 1. The molecule has 0 atom stereocenters. The van der Waals surface area contributed by atoms with Crippen LogP contribution in [-0.2, 0) is 11.3 Å². The Morgan fingerprint density at radius 3 is 2.19 bits per heavy atom. The van der Waals surface area contributed by atoms with Gasteiger partial charge >= 0.3 is 5.97 Å². The highest BCUT2D eigenvalue weighted by Gasteiger charge is 2.06. The molecule has 0 saturated carbocycles. The van der Waals surface area contributed by atoms with Gasteiger partial charge < -0.3 is 4.74 Å². The summed E-state index contributed by atoms with van der Waals surface area (Å²) in [5.74, 6) is -0.366. The summed E-state index contributed by atoms with van der Waals surface area (Å²) in [6.07, 6.45) is 0. The van der Waals surface area contributed by atoms with E-state index in [9.17, 15) is 4.79 Å². The van der Waals surface area contributed by atoms with Crippen molar-refractivity contribution in [3.63, 3.8) is 0 Å². The second-order valence-electron chi connectivity index (χ2n) is 4.66. The van der Waals surface area contributed by atoms with Gasteiger partial charge in [-0.3, -0.25) is 4.99 Å². The molecule has 0 N–H and O–H groups in total. The van der Waals surface area contributed by atoms with Crippen LogP contribution in [0.3, 0.4) is 0 Å². The van der Waals surface area contributed by atoms with Gasteiger partial charge in [-0.15, -0.1) is 0 Å². The number of rotatable bonds is 4. The average Bonchev–Trinajstić information content (AvgIpc) is 2.53. The molecule has 2 aromatic rings. The first kappa shape index (κ1) is 15.3. The van der Waals surface area contributed by atoms with E-state index in [0.29, 0.717) is 17.3 Å². The van der Waals surface area contributed by atoms with Gasteiger partial charge in [0.2, 0.25) is 0 Å². The first-order valence-electron chi connectivity index (χ1n) is 6.54. The summed E-state index contributed by atoms with van der Waals surface area (Å²) in [7, 11) is 1.35. The first-order chi connectivity index (χ1) is 10.1. The maximum Gasteiger partial charge on any atom is 0.337 e. The lowest BCUT2D eigenvalue weighted by Gasteiger charge is -2.02. The van der Waals surface area contributed by atoms with Crippen molar-refractivity contribution < 1.29 is 9.53 Å². The predicted molar refractivity (Wildman–Crippen MR) is 85.1 cm³/mol. The van der Waals surface area contributed by atoms with Gasteiger partial charge in [-0.05, 0) is 24.6 Å². The summed E-state index contributed by atoms with van der Waals surface area (Å²) in [6.45, 7) is 2.57. The summed E-state index contributed by atoms with van der Waals surface area (Å²) >= 11 is 6.19. The molecule has 21 heavy (non-hydrogen) atoms. The smallest absolute Gasteiger partial charge is 0.337 e. The minimum Gasteiger partial charge on any atom is -0.465 e. The van der Waals surface area contributed by atoms with E-state index in [0.717, 1.165) is 11.1 Å². The number of benzene rings is 2. The van der Waals surface area contributed by atoms with Crippen molar-refractivity contribution in [2.75, 3.05) is 7.11 Å². The molecule has 0 aromatic heterocycles. The van der Waals surface area contributed by atoms with E-state index in [4.69, 9.17) is 11.6 Å². The van der Waals surface area contributed by atoms with Gasteiger partial charge in [0.25, 0.3) is 0 Å². The Labute approximate surface area is 129 Å². The molecule has 108 valence electrons. The molecule has 0 saturated heterocycles. The van der Waals surface area contributed by atoms with Gasteiger partial charge in [0.05, 0.1) is 19.2 Å². The van der Waals surface area contributed by atoms with E-state index in [1.807, 2.05) is 31.2 Å². The van der Waals surface area contributed by atoms with Gasteiger partial charge in [0.1, 0.15) is 5.17 Å². The summed E-state index contributed by atoms with van der Waals surface area (Å²) in [6, 6.07) is 15.0. The third kappa shape index (κ3) is 4.17. The lowest BCUT2D eigenvalue weighted by Crippen LogP contribution is -2.01. The molecule has 0 amide bonds. The predicted octanol–water partition coefficient (Wildman–Crippen LogP) is 3.97. The fraction of sp³-hybridized carbons (Fsp3) is 0.176. The first-order valence-corrected chi connectivity index (χ1v) is 6.92. The van der Waals surface area contributed by atoms with Crippen LogP contribution in [0.5, 0.6) is 0 Å². The van der Waals surface area contributed by atoms with E-state index >= 15 is 0 Å². The van der Waals surface area contributed by atoms with E-state index in [-0.39, 0.29) is 5.97 Å². The Kier molecular flexibility index (Phi) is 5.12. The van der Waals surface area contributed by atoms with Crippen LogP contribution in [0, 0.1) is 6.92 Å². The van der Waals surface area contributed by atoms with E-state index in [2.05, 4.69) is 9.73 Å². The average molecular weight is 302 g/mol. The Morgan fingerprint density at radius 2 is 1.62 bits per heavy atom. The summed E-state index contributed by atoms with van der Waals surface area (Å²) in [5.41, 5.74) is 3.58. The van der Waals surface area contributed by atoms with Crippen molar-refractivity contribution in [1.29, 1.82) is 0 Å². The van der Waals surface area contributed by atoms with E-state index in [1.54, 1.807) is 24.3 Å². The number of hydrogen-bond donors (Lipinski definition) is 0. The second kappa shape index (κ2) is 7.04. The largest absolute Gasteiger partial charge is 0.465 e. The number of ether oxygens (including phenoxy) is 1. The molecule has 0 aliphatic heterocycles. The molecule has 0 spiro atoms.